The van der Waals surface area contributed by atoms with Crippen molar-refractivity contribution in [2.45, 2.75) is 26.4 Å². The lowest BCUT2D eigenvalue weighted by Gasteiger charge is -2.20. The van der Waals surface area contributed by atoms with Crippen molar-refractivity contribution in [3.8, 4) is 5.75 Å². The number of rotatable bonds is 8. The third kappa shape index (κ3) is 6.14. The van der Waals surface area contributed by atoms with E-state index in [1.165, 1.54) is 11.1 Å². The van der Waals surface area contributed by atoms with E-state index < -0.39 is 0 Å². The number of benzene rings is 1. The minimum Gasteiger partial charge on any atom is -0.492 e. The van der Waals surface area contributed by atoms with Crippen molar-refractivity contribution >= 4 is 5.91 Å². The summed E-state index contributed by atoms with van der Waals surface area (Å²) < 4.78 is 10.8. The lowest BCUT2D eigenvalue weighted by atomic mass is 10.1. The van der Waals surface area contributed by atoms with E-state index in [2.05, 4.69) is 6.07 Å². The van der Waals surface area contributed by atoms with Crippen LogP contribution in [-0.2, 0) is 9.53 Å². The second kappa shape index (κ2) is 8.64. The molecule has 0 heterocycles. The van der Waals surface area contributed by atoms with Crippen LogP contribution in [0.4, 0.5) is 0 Å². The molecule has 5 nitrogen and oxygen atoms in total. The summed E-state index contributed by atoms with van der Waals surface area (Å²) in [5, 5.41) is 0. The number of nitrogens with two attached hydrogens (primary N) is 1. The Morgan fingerprint density at radius 1 is 1.29 bits per heavy atom. The fourth-order valence-electron chi connectivity index (χ4n) is 2.05. The largest absolute Gasteiger partial charge is 0.492 e. The van der Waals surface area contributed by atoms with Crippen LogP contribution in [0.5, 0.6) is 5.75 Å². The van der Waals surface area contributed by atoms with Crippen molar-refractivity contribution in [2.75, 3.05) is 33.9 Å². The number of nitrogens with zero attached hydrogens (tertiary/aromatic N) is 1. The van der Waals surface area contributed by atoms with E-state index in [1.54, 1.807) is 19.1 Å². The van der Waals surface area contributed by atoms with E-state index in [0.717, 1.165) is 5.75 Å². The number of methoxy groups -OCH3 is 1. The molecule has 0 saturated carbocycles. The molecule has 0 bridgehead atoms. The van der Waals surface area contributed by atoms with Crippen LogP contribution in [0.1, 0.15) is 17.5 Å². The second-order valence-corrected chi connectivity index (χ2v) is 5.28. The minimum atomic E-state index is -0.222. The zero-order valence-corrected chi connectivity index (χ0v) is 13.4. The molecule has 0 aliphatic heterocycles. The number of hydrogen-bond acceptors (Lipinski definition) is 4. The topological polar surface area (TPSA) is 64.8 Å². The summed E-state index contributed by atoms with van der Waals surface area (Å²) in [6.07, 6.45) is 0.0767. The Balaban J connectivity index is 2.39. The molecule has 0 aromatic heterocycles. The summed E-state index contributed by atoms with van der Waals surface area (Å²) >= 11 is 0. The monoisotopic (exact) mass is 294 g/mol. The molecule has 1 unspecified atom stereocenters. The Labute approximate surface area is 127 Å². The molecule has 1 atom stereocenters. The highest BCUT2D eigenvalue weighted by Gasteiger charge is 2.15. The first kappa shape index (κ1) is 17.5. The molecule has 0 radical (unpaired) electrons. The Hall–Kier alpha value is -1.59. The average molecular weight is 294 g/mol. The number of ether oxygens (including phenoxy) is 2. The molecule has 0 fully saturated rings. The summed E-state index contributed by atoms with van der Waals surface area (Å²) in [5.41, 5.74) is 7.85. The van der Waals surface area contributed by atoms with Crippen LogP contribution in [0.15, 0.2) is 18.2 Å². The smallest absolute Gasteiger partial charge is 0.225 e. The summed E-state index contributed by atoms with van der Waals surface area (Å²) in [4.78, 5) is 13.6. The van der Waals surface area contributed by atoms with Crippen molar-refractivity contribution in [1.29, 1.82) is 0 Å². The number of hydrogen-bond donors (Lipinski definition) is 1. The lowest BCUT2D eigenvalue weighted by molar-refractivity contribution is -0.132. The fraction of sp³-hybridized carbons (Fsp3) is 0.562. The van der Waals surface area contributed by atoms with E-state index in [1.807, 2.05) is 26.0 Å². The van der Waals surface area contributed by atoms with Gasteiger partial charge >= 0.3 is 0 Å². The van der Waals surface area contributed by atoms with Crippen LogP contribution < -0.4 is 10.5 Å². The van der Waals surface area contributed by atoms with Crippen LogP contribution in [0.25, 0.3) is 0 Å². The number of carbonyl (C=O) groups is 1. The van der Waals surface area contributed by atoms with Gasteiger partial charge in [-0.2, -0.15) is 0 Å². The van der Waals surface area contributed by atoms with Gasteiger partial charge in [-0.3, -0.25) is 4.79 Å². The van der Waals surface area contributed by atoms with Gasteiger partial charge in [0.1, 0.15) is 12.4 Å². The van der Waals surface area contributed by atoms with Gasteiger partial charge < -0.3 is 20.1 Å². The molecule has 1 amide bonds. The molecule has 0 aliphatic carbocycles. The van der Waals surface area contributed by atoms with E-state index in [9.17, 15) is 4.79 Å². The van der Waals surface area contributed by atoms with Crippen molar-refractivity contribution in [2.24, 2.45) is 5.73 Å². The first-order chi connectivity index (χ1) is 9.96. The highest BCUT2D eigenvalue weighted by atomic mass is 16.5. The molecule has 0 aliphatic rings. The first-order valence-corrected chi connectivity index (χ1v) is 7.14. The third-order valence-corrected chi connectivity index (χ3v) is 3.31. The molecule has 1 rings (SSSR count). The molecular weight excluding hydrogens is 268 g/mol. The predicted molar refractivity (Wildman–Crippen MR) is 83.5 cm³/mol. The minimum absolute atomic E-state index is 0.0105. The highest BCUT2D eigenvalue weighted by Crippen LogP contribution is 2.16. The van der Waals surface area contributed by atoms with Gasteiger partial charge in [0.15, 0.2) is 0 Å². The zero-order valence-electron chi connectivity index (χ0n) is 13.4. The maximum atomic E-state index is 12.0. The first-order valence-electron chi connectivity index (χ1n) is 7.14. The van der Waals surface area contributed by atoms with Gasteiger partial charge in [-0.15, -0.1) is 0 Å². The van der Waals surface area contributed by atoms with Crippen molar-refractivity contribution in [1.82, 2.24) is 4.90 Å². The second-order valence-electron chi connectivity index (χ2n) is 5.28. The highest BCUT2D eigenvalue weighted by molar-refractivity contribution is 5.76. The average Bonchev–Trinajstić information content (AvgIpc) is 2.43. The van der Waals surface area contributed by atoms with Crippen LogP contribution in [0.3, 0.4) is 0 Å². The Kier molecular flexibility index (Phi) is 7.19. The molecule has 2 N–H and O–H groups in total. The quantitative estimate of drug-likeness (QED) is 0.789. The molecule has 1 aromatic carbocycles. The Morgan fingerprint density at radius 3 is 2.43 bits per heavy atom. The van der Waals surface area contributed by atoms with Crippen molar-refractivity contribution in [3.05, 3.63) is 29.3 Å². The summed E-state index contributed by atoms with van der Waals surface area (Å²) in [6, 6.07) is 6.08. The van der Waals surface area contributed by atoms with Gasteiger partial charge in [0.2, 0.25) is 5.91 Å². The maximum absolute atomic E-state index is 12.0. The molecule has 0 spiro atoms. The SMILES string of the molecule is COC(CN)CC(=O)N(C)CCOc1cc(C)cc(C)c1. The van der Waals surface area contributed by atoms with Crippen molar-refractivity contribution in [3.63, 3.8) is 0 Å². The number of amides is 1. The zero-order chi connectivity index (χ0) is 15.8. The number of likely N-dealkylation sites (N-methyl/N-ethyl adjacent to an activating group) is 1. The van der Waals surface area contributed by atoms with Gasteiger partial charge in [-0.05, 0) is 37.1 Å². The van der Waals surface area contributed by atoms with Crippen LogP contribution in [0, 0.1) is 13.8 Å². The van der Waals surface area contributed by atoms with Gasteiger partial charge in [0.25, 0.3) is 0 Å². The number of carbonyl (C=O) groups excluding carboxylic acids is 1. The van der Waals surface area contributed by atoms with E-state index in [-0.39, 0.29) is 12.0 Å². The van der Waals surface area contributed by atoms with E-state index in [4.69, 9.17) is 15.2 Å². The Bertz CT molecular complexity index is 439. The Morgan fingerprint density at radius 2 is 1.90 bits per heavy atom. The summed E-state index contributed by atoms with van der Waals surface area (Å²) in [7, 11) is 3.32. The van der Waals surface area contributed by atoms with Gasteiger partial charge in [-0.25, -0.2) is 0 Å². The standard InChI is InChI=1S/C16H26N2O3/c1-12-7-13(2)9-14(8-12)21-6-5-18(3)16(19)10-15(11-17)20-4/h7-9,15H,5-6,10-11,17H2,1-4H3. The van der Waals surface area contributed by atoms with Crippen LogP contribution in [-0.4, -0.2) is 50.8 Å². The van der Waals surface area contributed by atoms with E-state index >= 15 is 0 Å². The molecule has 118 valence electrons. The van der Waals surface area contributed by atoms with Crippen LogP contribution in [0.2, 0.25) is 0 Å². The third-order valence-electron chi connectivity index (χ3n) is 3.31. The van der Waals surface area contributed by atoms with Crippen LogP contribution >= 0.6 is 0 Å². The fourth-order valence-corrected chi connectivity index (χ4v) is 2.05. The van der Waals surface area contributed by atoms with Gasteiger partial charge in [0, 0.05) is 20.7 Å². The summed E-state index contributed by atoms with van der Waals surface area (Å²) in [6.45, 7) is 5.41. The lowest BCUT2D eigenvalue weighted by Crippen LogP contribution is -2.35. The predicted octanol–water partition coefficient (Wildman–Crippen LogP) is 1.50. The number of aryl methyl sites for hydroxylation is 2. The van der Waals surface area contributed by atoms with E-state index in [0.29, 0.717) is 26.1 Å². The molecular formula is C16H26N2O3. The summed E-state index contributed by atoms with van der Waals surface area (Å²) in [5.74, 6) is 0.849. The van der Waals surface area contributed by atoms with Crippen molar-refractivity contribution < 1.29 is 14.3 Å². The maximum Gasteiger partial charge on any atom is 0.225 e. The normalized spacial score (nSPS) is 12.0. The molecule has 1 aromatic rings. The molecule has 21 heavy (non-hydrogen) atoms. The van der Waals surface area contributed by atoms with Gasteiger partial charge in [0.05, 0.1) is 19.1 Å². The molecule has 0 saturated heterocycles. The molecule has 5 heteroatoms. The van der Waals surface area contributed by atoms with Gasteiger partial charge in [-0.1, -0.05) is 6.07 Å².